The maximum Gasteiger partial charge on any atom is 0.204 e. The van der Waals surface area contributed by atoms with Crippen LogP contribution in [0.4, 0.5) is 5.13 Å². The third-order valence-electron chi connectivity index (χ3n) is 2.34. The number of fused-ring (bicyclic) bond motifs is 1. The van der Waals surface area contributed by atoms with Gasteiger partial charge in [-0.05, 0) is 24.3 Å². The molecular formula is C13H10N4S. The Balaban J connectivity index is 1.75. The Hall–Kier alpha value is -2.27. The molecule has 88 valence electrons. The number of nitrogens with one attached hydrogen (secondary N) is 1. The molecule has 5 heteroatoms. The van der Waals surface area contributed by atoms with Gasteiger partial charge in [0.25, 0.3) is 0 Å². The van der Waals surface area contributed by atoms with Gasteiger partial charge in [0.15, 0.2) is 0 Å². The predicted octanol–water partition coefficient (Wildman–Crippen LogP) is 3.14. The summed E-state index contributed by atoms with van der Waals surface area (Å²) in [5, 5.41) is 4.90. The average molecular weight is 254 g/mol. The van der Waals surface area contributed by atoms with Crippen molar-refractivity contribution in [2.24, 2.45) is 5.10 Å². The summed E-state index contributed by atoms with van der Waals surface area (Å²) in [5.41, 5.74) is 4.71. The van der Waals surface area contributed by atoms with Crippen LogP contribution in [0, 0.1) is 0 Å². The van der Waals surface area contributed by atoms with E-state index in [1.54, 1.807) is 23.7 Å². The molecule has 0 bridgehead atoms. The monoisotopic (exact) mass is 254 g/mol. The van der Waals surface area contributed by atoms with Crippen LogP contribution < -0.4 is 5.43 Å². The number of thiazole rings is 1. The Bertz CT molecular complexity index is 643. The molecule has 0 atom stereocenters. The van der Waals surface area contributed by atoms with E-state index in [2.05, 4.69) is 20.5 Å². The number of nitrogens with zero attached hydrogens (tertiary/aromatic N) is 3. The number of hydrogen-bond acceptors (Lipinski definition) is 5. The molecule has 3 rings (SSSR count). The molecule has 1 aromatic carbocycles. The molecule has 2 aromatic heterocycles. The van der Waals surface area contributed by atoms with Crippen LogP contribution in [0.2, 0.25) is 0 Å². The van der Waals surface area contributed by atoms with Crippen LogP contribution in [-0.4, -0.2) is 16.2 Å². The molecule has 2 heterocycles. The second-order valence-electron chi connectivity index (χ2n) is 3.61. The fourth-order valence-corrected chi connectivity index (χ4v) is 2.34. The number of para-hydroxylation sites is 1. The van der Waals surface area contributed by atoms with Crippen LogP contribution in [0.15, 0.2) is 53.8 Å². The van der Waals surface area contributed by atoms with Gasteiger partial charge in [-0.15, -0.1) is 0 Å². The lowest BCUT2D eigenvalue weighted by Crippen LogP contribution is -1.91. The number of hydrazone groups is 1. The second-order valence-corrected chi connectivity index (χ2v) is 4.64. The average Bonchev–Trinajstić information content (AvgIpc) is 2.82. The first kappa shape index (κ1) is 10.9. The first-order chi connectivity index (χ1) is 8.92. The first-order valence-electron chi connectivity index (χ1n) is 5.47. The molecule has 0 saturated heterocycles. The highest BCUT2D eigenvalue weighted by Gasteiger charge is 2.00. The molecule has 0 radical (unpaired) electrons. The molecule has 0 unspecified atom stereocenters. The molecule has 0 aliphatic carbocycles. The molecule has 4 nitrogen and oxygen atoms in total. The van der Waals surface area contributed by atoms with Gasteiger partial charge >= 0.3 is 0 Å². The lowest BCUT2D eigenvalue weighted by atomic mass is 10.3. The van der Waals surface area contributed by atoms with Gasteiger partial charge in [-0.1, -0.05) is 29.5 Å². The zero-order valence-electron chi connectivity index (χ0n) is 9.45. The van der Waals surface area contributed by atoms with Crippen molar-refractivity contribution in [1.29, 1.82) is 0 Å². The molecule has 3 aromatic rings. The fourth-order valence-electron chi connectivity index (χ4n) is 1.53. The number of anilines is 1. The van der Waals surface area contributed by atoms with Gasteiger partial charge in [0.2, 0.25) is 5.13 Å². The standard InChI is InChI=1S/C13H10N4S/c1-2-7-12-11(6-1)16-13(18-12)17-15-9-10-5-3-4-8-14-10/h1-9H,(H,16,17)/b15-9-. The van der Waals surface area contributed by atoms with E-state index in [4.69, 9.17) is 0 Å². The Kier molecular flexibility index (Phi) is 2.97. The van der Waals surface area contributed by atoms with Crippen LogP contribution in [0.3, 0.4) is 0 Å². The molecule has 0 fully saturated rings. The largest absolute Gasteiger partial charge is 0.255 e. The lowest BCUT2D eigenvalue weighted by molar-refractivity contribution is 1.27. The molecule has 0 amide bonds. The normalized spacial score (nSPS) is 11.1. The van der Waals surface area contributed by atoms with Crippen molar-refractivity contribution in [3.63, 3.8) is 0 Å². The minimum Gasteiger partial charge on any atom is -0.255 e. The van der Waals surface area contributed by atoms with Crippen LogP contribution in [0.25, 0.3) is 10.2 Å². The van der Waals surface area contributed by atoms with E-state index < -0.39 is 0 Å². The van der Waals surface area contributed by atoms with Gasteiger partial charge < -0.3 is 0 Å². The topological polar surface area (TPSA) is 50.2 Å². The van der Waals surface area contributed by atoms with Crippen LogP contribution in [0.1, 0.15) is 5.69 Å². The quantitative estimate of drug-likeness (QED) is 0.577. The number of aromatic nitrogens is 2. The summed E-state index contributed by atoms with van der Waals surface area (Å²) in [6.07, 6.45) is 3.41. The highest BCUT2D eigenvalue weighted by atomic mass is 32.1. The minimum absolute atomic E-state index is 0.781. The molecular weight excluding hydrogens is 244 g/mol. The Labute approximate surface area is 108 Å². The van der Waals surface area contributed by atoms with Crippen LogP contribution in [-0.2, 0) is 0 Å². The van der Waals surface area contributed by atoms with E-state index >= 15 is 0 Å². The summed E-state index contributed by atoms with van der Waals surface area (Å²) in [4.78, 5) is 8.56. The Morgan fingerprint density at radius 3 is 2.83 bits per heavy atom. The molecule has 1 N–H and O–H groups in total. The number of rotatable bonds is 3. The first-order valence-corrected chi connectivity index (χ1v) is 6.29. The fraction of sp³-hybridized carbons (Fsp3) is 0. The summed E-state index contributed by atoms with van der Waals surface area (Å²) >= 11 is 1.58. The Morgan fingerprint density at radius 2 is 2.00 bits per heavy atom. The maximum atomic E-state index is 4.42. The molecule has 0 saturated carbocycles. The summed E-state index contributed by atoms with van der Waals surface area (Å²) < 4.78 is 1.15. The molecule has 18 heavy (non-hydrogen) atoms. The molecule has 0 spiro atoms. The summed E-state index contributed by atoms with van der Waals surface area (Å²) in [6.45, 7) is 0. The summed E-state index contributed by atoms with van der Waals surface area (Å²) in [5.74, 6) is 0. The Morgan fingerprint density at radius 1 is 1.11 bits per heavy atom. The zero-order valence-corrected chi connectivity index (χ0v) is 10.3. The van der Waals surface area contributed by atoms with Crippen molar-refractivity contribution in [1.82, 2.24) is 9.97 Å². The third-order valence-corrected chi connectivity index (χ3v) is 3.28. The number of pyridine rings is 1. The SMILES string of the molecule is C(=N/Nc1nc2ccccc2s1)/c1ccccn1. The summed E-state index contributed by atoms with van der Waals surface area (Å²) in [7, 11) is 0. The van der Waals surface area contributed by atoms with Crippen molar-refractivity contribution in [3.8, 4) is 0 Å². The maximum absolute atomic E-state index is 4.42. The lowest BCUT2D eigenvalue weighted by Gasteiger charge is -1.92. The van der Waals surface area contributed by atoms with Gasteiger partial charge in [-0.2, -0.15) is 5.10 Å². The minimum atomic E-state index is 0.781. The predicted molar refractivity (Wildman–Crippen MR) is 75.1 cm³/mol. The van der Waals surface area contributed by atoms with Crippen LogP contribution in [0.5, 0.6) is 0 Å². The van der Waals surface area contributed by atoms with Crippen molar-refractivity contribution in [2.45, 2.75) is 0 Å². The van der Waals surface area contributed by atoms with E-state index in [1.807, 2.05) is 42.5 Å². The van der Waals surface area contributed by atoms with Crippen molar-refractivity contribution in [3.05, 3.63) is 54.4 Å². The molecule has 0 aliphatic heterocycles. The molecule has 0 aliphatic rings. The van der Waals surface area contributed by atoms with Crippen molar-refractivity contribution >= 4 is 32.9 Å². The van der Waals surface area contributed by atoms with Crippen molar-refractivity contribution in [2.75, 3.05) is 5.43 Å². The second kappa shape index (κ2) is 4.93. The van der Waals surface area contributed by atoms with E-state index in [0.717, 1.165) is 21.0 Å². The number of benzene rings is 1. The van der Waals surface area contributed by atoms with Gasteiger partial charge in [-0.25, -0.2) is 4.98 Å². The highest BCUT2D eigenvalue weighted by Crippen LogP contribution is 2.25. The number of hydrogen-bond donors (Lipinski definition) is 1. The highest BCUT2D eigenvalue weighted by molar-refractivity contribution is 7.22. The van der Waals surface area contributed by atoms with Crippen LogP contribution >= 0.6 is 11.3 Å². The van der Waals surface area contributed by atoms with Gasteiger partial charge in [0.05, 0.1) is 22.1 Å². The smallest absolute Gasteiger partial charge is 0.204 e. The van der Waals surface area contributed by atoms with E-state index in [-0.39, 0.29) is 0 Å². The van der Waals surface area contributed by atoms with E-state index in [1.165, 1.54) is 0 Å². The van der Waals surface area contributed by atoms with Gasteiger partial charge in [-0.3, -0.25) is 10.4 Å². The van der Waals surface area contributed by atoms with E-state index in [0.29, 0.717) is 0 Å². The van der Waals surface area contributed by atoms with E-state index in [9.17, 15) is 0 Å². The summed E-state index contributed by atoms with van der Waals surface area (Å²) in [6, 6.07) is 13.7. The van der Waals surface area contributed by atoms with Gasteiger partial charge in [0.1, 0.15) is 0 Å². The zero-order chi connectivity index (χ0) is 12.2. The van der Waals surface area contributed by atoms with Gasteiger partial charge in [0, 0.05) is 6.20 Å². The third kappa shape index (κ3) is 2.36. The van der Waals surface area contributed by atoms with Crippen molar-refractivity contribution < 1.29 is 0 Å².